The molecule has 1 amide bonds. The number of nitrogens with zero attached hydrogens (tertiary/aromatic N) is 4. The van der Waals surface area contributed by atoms with E-state index in [-0.39, 0.29) is 17.3 Å². The molecule has 0 radical (unpaired) electrons. The average Bonchev–Trinajstić information content (AvgIpc) is 3.66. The summed E-state index contributed by atoms with van der Waals surface area (Å²) >= 11 is 1.30. The van der Waals surface area contributed by atoms with Crippen LogP contribution in [-0.2, 0) is 11.0 Å². The Kier molecular flexibility index (Phi) is 5.35. The molecule has 1 aliphatic heterocycles. The third-order valence-electron chi connectivity index (χ3n) is 5.92. The average molecular weight is 452 g/mol. The van der Waals surface area contributed by atoms with Gasteiger partial charge in [0.15, 0.2) is 5.16 Å². The molecule has 2 heterocycles. The summed E-state index contributed by atoms with van der Waals surface area (Å²) in [5.41, 5.74) is 0.0895. The van der Waals surface area contributed by atoms with Crippen molar-refractivity contribution in [2.75, 3.05) is 29.1 Å². The Labute approximate surface area is 182 Å². The molecule has 31 heavy (non-hydrogen) atoms. The van der Waals surface area contributed by atoms with Crippen LogP contribution in [0.3, 0.4) is 0 Å². The molecule has 1 aromatic carbocycles. The molecule has 2 aliphatic carbocycles. The molecule has 3 aliphatic rings. The molecule has 10 heteroatoms. The molecule has 1 N–H and O–H groups in total. The van der Waals surface area contributed by atoms with Crippen molar-refractivity contribution in [2.24, 2.45) is 0 Å². The summed E-state index contributed by atoms with van der Waals surface area (Å²) in [5, 5.41) is 12.1. The lowest BCUT2D eigenvalue weighted by atomic mass is 10.1. The number of hydrogen-bond donors (Lipinski definition) is 1. The van der Waals surface area contributed by atoms with E-state index in [9.17, 15) is 18.0 Å². The molecule has 5 rings (SSSR count). The second kappa shape index (κ2) is 8.03. The minimum Gasteiger partial charge on any atom is -0.370 e. The first-order valence-electron chi connectivity index (χ1n) is 10.7. The van der Waals surface area contributed by atoms with Crippen LogP contribution < -0.4 is 10.2 Å². The van der Waals surface area contributed by atoms with Crippen molar-refractivity contribution in [3.63, 3.8) is 0 Å². The lowest BCUT2D eigenvalue weighted by molar-refractivity contribution is -0.137. The highest BCUT2D eigenvalue weighted by molar-refractivity contribution is 7.99. The quantitative estimate of drug-likeness (QED) is 0.611. The fraction of sp³-hybridized carbons (Fsp3) is 0.571. The van der Waals surface area contributed by atoms with Crippen LogP contribution in [0, 0.1) is 0 Å². The summed E-state index contributed by atoms with van der Waals surface area (Å²) in [7, 11) is 0. The van der Waals surface area contributed by atoms with Gasteiger partial charge in [-0.25, -0.2) is 0 Å². The van der Waals surface area contributed by atoms with Crippen LogP contribution in [0.1, 0.15) is 61.9 Å². The van der Waals surface area contributed by atoms with Gasteiger partial charge in [-0.05, 0) is 56.7 Å². The Hall–Kier alpha value is -2.23. The molecule has 1 aromatic heterocycles. The molecular weight excluding hydrogens is 427 g/mol. The highest BCUT2D eigenvalue weighted by Crippen LogP contribution is 2.46. The Bertz CT molecular complexity index is 978. The van der Waals surface area contributed by atoms with E-state index in [1.807, 2.05) is 4.90 Å². The Morgan fingerprint density at radius 2 is 1.87 bits per heavy atom. The van der Waals surface area contributed by atoms with Gasteiger partial charge in [-0.3, -0.25) is 4.79 Å². The summed E-state index contributed by atoms with van der Waals surface area (Å²) in [6.45, 7) is 1.55. The molecule has 3 fully saturated rings. The number of halogens is 3. The van der Waals surface area contributed by atoms with E-state index in [2.05, 4.69) is 20.1 Å². The minimum atomic E-state index is -4.46. The number of alkyl halides is 3. The van der Waals surface area contributed by atoms with Crippen molar-refractivity contribution < 1.29 is 18.0 Å². The van der Waals surface area contributed by atoms with E-state index < -0.39 is 11.7 Å². The molecule has 0 spiro atoms. The van der Waals surface area contributed by atoms with Gasteiger partial charge in [0.05, 0.1) is 22.7 Å². The largest absolute Gasteiger partial charge is 0.416 e. The number of carbonyl (C=O) groups excluding carboxylic acids is 1. The van der Waals surface area contributed by atoms with Gasteiger partial charge in [0.2, 0.25) is 5.91 Å². The number of thioether (sulfide) groups is 1. The standard InChI is InChI=1S/C21H24F3N5OS/c22-21(23,24)14-5-8-17(28-9-1-2-10-28)16(11-14)25-18(30)12-31-20-27-26-19(13-3-4-13)29(20)15-6-7-15/h5,8,11,13,15H,1-4,6-7,9-10,12H2,(H,25,30). The first-order valence-corrected chi connectivity index (χ1v) is 11.7. The zero-order valence-electron chi connectivity index (χ0n) is 17.0. The summed E-state index contributed by atoms with van der Waals surface area (Å²) in [6, 6.07) is 3.99. The number of nitrogens with one attached hydrogen (secondary N) is 1. The SMILES string of the molecule is O=C(CSc1nnc(C2CC2)n1C1CC1)Nc1cc(C(F)(F)F)ccc1N1CCCC1. The van der Waals surface area contributed by atoms with Gasteiger partial charge in [-0.15, -0.1) is 10.2 Å². The van der Waals surface area contributed by atoms with Gasteiger partial charge >= 0.3 is 6.18 Å². The fourth-order valence-electron chi connectivity index (χ4n) is 4.05. The fourth-order valence-corrected chi connectivity index (χ4v) is 4.86. The summed E-state index contributed by atoms with van der Waals surface area (Å²) in [5.74, 6) is 1.22. The maximum atomic E-state index is 13.2. The first-order chi connectivity index (χ1) is 14.9. The van der Waals surface area contributed by atoms with Crippen LogP contribution in [0.15, 0.2) is 23.4 Å². The Morgan fingerprint density at radius 1 is 1.13 bits per heavy atom. The van der Waals surface area contributed by atoms with Crippen LogP contribution >= 0.6 is 11.8 Å². The number of benzene rings is 1. The van der Waals surface area contributed by atoms with Crippen molar-refractivity contribution in [1.29, 1.82) is 0 Å². The van der Waals surface area contributed by atoms with E-state index >= 15 is 0 Å². The molecule has 166 valence electrons. The predicted molar refractivity (Wildman–Crippen MR) is 113 cm³/mol. The Balaban J connectivity index is 1.31. The second-order valence-electron chi connectivity index (χ2n) is 8.48. The first kappa shape index (κ1) is 20.7. The van der Waals surface area contributed by atoms with Crippen molar-refractivity contribution in [3.8, 4) is 0 Å². The third kappa shape index (κ3) is 4.53. The number of anilines is 2. The topological polar surface area (TPSA) is 63.1 Å². The van der Waals surface area contributed by atoms with Gasteiger partial charge in [0, 0.05) is 25.0 Å². The van der Waals surface area contributed by atoms with Crippen LogP contribution in [-0.4, -0.2) is 39.5 Å². The summed E-state index contributed by atoms with van der Waals surface area (Å²) in [4.78, 5) is 14.7. The molecule has 0 bridgehead atoms. The highest BCUT2D eigenvalue weighted by Gasteiger charge is 2.36. The van der Waals surface area contributed by atoms with E-state index in [0.29, 0.717) is 17.6 Å². The number of aromatic nitrogens is 3. The zero-order valence-corrected chi connectivity index (χ0v) is 17.8. The second-order valence-corrected chi connectivity index (χ2v) is 9.42. The van der Waals surface area contributed by atoms with E-state index in [4.69, 9.17) is 0 Å². The van der Waals surface area contributed by atoms with E-state index in [0.717, 1.165) is 74.7 Å². The molecule has 0 atom stereocenters. The molecule has 6 nitrogen and oxygen atoms in total. The number of rotatable bonds is 7. The summed E-state index contributed by atoms with van der Waals surface area (Å²) in [6.07, 6.45) is 1.98. The van der Waals surface area contributed by atoms with E-state index in [1.165, 1.54) is 17.8 Å². The zero-order chi connectivity index (χ0) is 21.6. The predicted octanol–water partition coefficient (Wildman–Crippen LogP) is 4.84. The van der Waals surface area contributed by atoms with Crippen LogP contribution in [0.25, 0.3) is 0 Å². The van der Waals surface area contributed by atoms with Gasteiger partial charge in [0.1, 0.15) is 5.82 Å². The van der Waals surface area contributed by atoms with Gasteiger partial charge in [-0.1, -0.05) is 11.8 Å². The van der Waals surface area contributed by atoms with Crippen LogP contribution in [0.4, 0.5) is 24.5 Å². The van der Waals surface area contributed by atoms with Crippen molar-refractivity contribution >= 4 is 29.0 Å². The summed E-state index contributed by atoms with van der Waals surface area (Å²) < 4.78 is 41.9. The Morgan fingerprint density at radius 3 is 2.52 bits per heavy atom. The number of carbonyl (C=O) groups is 1. The van der Waals surface area contributed by atoms with Crippen molar-refractivity contribution in [3.05, 3.63) is 29.6 Å². The van der Waals surface area contributed by atoms with Gasteiger partial charge in [-0.2, -0.15) is 13.2 Å². The highest BCUT2D eigenvalue weighted by atomic mass is 32.2. The van der Waals surface area contributed by atoms with E-state index in [1.54, 1.807) is 0 Å². The maximum absolute atomic E-state index is 13.2. The number of hydrogen-bond acceptors (Lipinski definition) is 5. The van der Waals surface area contributed by atoms with Gasteiger partial charge < -0.3 is 14.8 Å². The minimum absolute atomic E-state index is 0.0746. The molecule has 1 saturated heterocycles. The van der Waals surface area contributed by atoms with Crippen LogP contribution in [0.5, 0.6) is 0 Å². The number of amides is 1. The molecule has 2 aromatic rings. The lowest BCUT2D eigenvalue weighted by Gasteiger charge is -2.23. The van der Waals surface area contributed by atoms with Gasteiger partial charge in [0.25, 0.3) is 0 Å². The maximum Gasteiger partial charge on any atom is 0.416 e. The smallest absolute Gasteiger partial charge is 0.370 e. The third-order valence-corrected chi connectivity index (χ3v) is 6.87. The van der Waals surface area contributed by atoms with Crippen molar-refractivity contribution in [1.82, 2.24) is 14.8 Å². The van der Waals surface area contributed by atoms with Crippen molar-refractivity contribution in [2.45, 2.75) is 61.8 Å². The monoisotopic (exact) mass is 451 g/mol. The molecular formula is C21H24F3N5OS. The molecule has 2 saturated carbocycles. The van der Waals surface area contributed by atoms with Crippen LogP contribution in [0.2, 0.25) is 0 Å². The molecule has 0 unspecified atom stereocenters. The normalized spacial score (nSPS) is 19.1. The lowest BCUT2D eigenvalue weighted by Crippen LogP contribution is -2.22.